The average molecular weight is 439 g/mol. The second kappa shape index (κ2) is 7.04. The summed E-state index contributed by atoms with van der Waals surface area (Å²) in [5, 5.41) is 11.2. The zero-order valence-corrected chi connectivity index (χ0v) is 16.9. The summed E-state index contributed by atoms with van der Waals surface area (Å²) in [5.41, 5.74) is 0.651. The lowest BCUT2D eigenvalue weighted by molar-refractivity contribution is -0.135. The third-order valence-corrected chi connectivity index (χ3v) is 5.61. The number of carbonyl (C=O) groups is 2. The Morgan fingerprint density at radius 1 is 1.11 bits per heavy atom. The van der Waals surface area contributed by atoms with Crippen LogP contribution < -0.4 is 4.90 Å². The summed E-state index contributed by atoms with van der Waals surface area (Å²) < 4.78 is 2.69. The van der Waals surface area contributed by atoms with Crippen molar-refractivity contribution in [1.29, 1.82) is 0 Å². The summed E-state index contributed by atoms with van der Waals surface area (Å²) in [6.45, 7) is 2.27. The van der Waals surface area contributed by atoms with Crippen molar-refractivity contribution in [2.24, 2.45) is 0 Å². The van der Waals surface area contributed by atoms with E-state index in [2.05, 4.69) is 15.9 Å². The Kier molecular flexibility index (Phi) is 4.69. The first-order valence-corrected chi connectivity index (χ1v) is 9.84. The van der Waals surface area contributed by atoms with Crippen molar-refractivity contribution in [3.8, 4) is 5.69 Å². The van der Waals surface area contributed by atoms with Crippen molar-refractivity contribution >= 4 is 33.3 Å². The molecule has 0 fully saturated rings. The van der Waals surface area contributed by atoms with Crippen LogP contribution >= 0.6 is 15.9 Å². The number of carbonyl (C=O) groups excluding carboxylic acids is 2. The van der Waals surface area contributed by atoms with Gasteiger partial charge in [0.05, 0.1) is 12.1 Å². The predicted molar refractivity (Wildman–Crippen MR) is 111 cm³/mol. The number of fused-ring (bicyclic) bond motifs is 1. The fraction of sp³-hybridized carbons (Fsp3) is 0.182. The van der Waals surface area contributed by atoms with Gasteiger partial charge in [-0.05, 0) is 61.5 Å². The molecular formula is C22H19BrN2O3. The first kappa shape index (κ1) is 18.7. The normalized spacial score (nSPS) is 18.4. The zero-order valence-electron chi connectivity index (χ0n) is 15.3. The van der Waals surface area contributed by atoms with Crippen molar-refractivity contribution < 1.29 is 14.7 Å². The van der Waals surface area contributed by atoms with E-state index in [4.69, 9.17) is 0 Å². The highest BCUT2D eigenvalue weighted by atomic mass is 79.9. The molecule has 142 valence electrons. The second-order valence-corrected chi connectivity index (χ2v) is 7.72. The molecule has 28 heavy (non-hydrogen) atoms. The molecule has 5 nitrogen and oxygen atoms in total. The van der Waals surface area contributed by atoms with Crippen molar-refractivity contribution in [1.82, 2.24) is 4.57 Å². The Balaban J connectivity index is 1.64. The minimum absolute atomic E-state index is 0.279. The highest BCUT2D eigenvalue weighted by Gasteiger charge is 2.50. The number of rotatable bonds is 5. The summed E-state index contributed by atoms with van der Waals surface area (Å²) in [7, 11) is 0. The Hall–Kier alpha value is -2.70. The van der Waals surface area contributed by atoms with Crippen LogP contribution in [0.2, 0.25) is 0 Å². The lowest BCUT2D eigenvalue weighted by atomic mass is 9.88. The molecule has 1 aliphatic heterocycles. The monoisotopic (exact) mass is 438 g/mol. The molecule has 0 saturated heterocycles. The van der Waals surface area contributed by atoms with Crippen LogP contribution in [-0.2, 0) is 10.4 Å². The Labute approximate surface area is 171 Å². The average Bonchev–Trinajstić information content (AvgIpc) is 3.29. The molecule has 0 bridgehead atoms. The van der Waals surface area contributed by atoms with E-state index in [9.17, 15) is 14.7 Å². The van der Waals surface area contributed by atoms with Gasteiger partial charge in [0.15, 0.2) is 11.4 Å². The Bertz CT molecular complexity index is 1040. The number of benzene rings is 2. The smallest absolute Gasteiger partial charge is 0.264 e. The fourth-order valence-electron chi connectivity index (χ4n) is 3.67. The van der Waals surface area contributed by atoms with Gasteiger partial charge in [0, 0.05) is 40.2 Å². The maximum absolute atomic E-state index is 12.9. The summed E-state index contributed by atoms with van der Waals surface area (Å²) in [6.07, 6.45) is 3.55. The van der Waals surface area contributed by atoms with Crippen molar-refractivity contribution in [2.45, 2.75) is 18.9 Å². The quantitative estimate of drug-likeness (QED) is 0.610. The molecule has 4 rings (SSSR count). The van der Waals surface area contributed by atoms with E-state index >= 15 is 0 Å². The standard InChI is InChI=1S/C22H19BrN2O3/c1-2-25-19-10-7-16(23)13-18(19)22(28,21(25)27)14-20(26)15-5-8-17(9-6-15)24-11-3-4-12-24/h3-13,28H,2,14H2,1H3/t22-/m0/s1. The number of aromatic nitrogens is 1. The van der Waals surface area contributed by atoms with Crippen LogP contribution in [0.5, 0.6) is 0 Å². The number of anilines is 1. The molecule has 1 N–H and O–H groups in total. The van der Waals surface area contributed by atoms with Gasteiger partial charge in [0.25, 0.3) is 5.91 Å². The topological polar surface area (TPSA) is 62.5 Å². The van der Waals surface area contributed by atoms with E-state index in [-0.39, 0.29) is 12.2 Å². The minimum Gasteiger partial charge on any atom is -0.375 e. The SMILES string of the molecule is CCN1C(=O)[C@](O)(CC(=O)c2ccc(-n3cccc3)cc2)c2cc(Br)ccc21. The van der Waals surface area contributed by atoms with Crippen LogP contribution in [0.3, 0.4) is 0 Å². The molecule has 0 saturated carbocycles. The first-order valence-electron chi connectivity index (χ1n) is 9.05. The van der Waals surface area contributed by atoms with Crippen molar-refractivity contribution in [3.05, 3.63) is 82.6 Å². The van der Waals surface area contributed by atoms with Gasteiger partial charge in [-0.15, -0.1) is 0 Å². The first-order chi connectivity index (χ1) is 13.4. The molecule has 1 amide bonds. The van der Waals surface area contributed by atoms with E-state index in [0.29, 0.717) is 23.4 Å². The van der Waals surface area contributed by atoms with E-state index in [1.165, 1.54) is 4.90 Å². The zero-order chi connectivity index (χ0) is 19.9. The van der Waals surface area contributed by atoms with Crippen molar-refractivity contribution in [3.63, 3.8) is 0 Å². The molecule has 0 spiro atoms. The van der Waals surface area contributed by atoms with E-state index < -0.39 is 11.5 Å². The summed E-state index contributed by atoms with van der Waals surface area (Å²) in [6, 6.07) is 16.3. The molecule has 1 aliphatic rings. The second-order valence-electron chi connectivity index (χ2n) is 6.81. The van der Waals surface area contributed by atoms with Gasteiger partial charge >= 0.3 is 0 Å². The number of aliphatic hydroxyl groups is 1. The van der Waals surface area contributed by atoms with E-state index in [0.717, 1.165) is 10.2 Å². The molecule has 3 aromatic rings. The van der Waals surface area contributed by atoms with Crippen molar-refractivity contribution in [2.75, 3.05) is 11.4 Å². The number of hydrogen-bond donors (Lipinski definition) is 1. The molecule has 0 unspecified atom stereocenters. The summed E-state index contributed by atoms with van der Waals surface area (Å²) in [4.78, 5) is 27.3. The molecule has 1 atom stereocenters. The Morgan fingerprint density at radius 2 is 1.79 bits per heavy atom. The molecule has 2 heterocycles. The number of halogens is 1. The maximum atomic E-state index is 12.9. The Morgan fingerprint density at radius 3 is 2.43 bits per heavy atom. The van der Waals surface area contributed by atoms with Gasteiger partial charge in [0.1, 0.15) is 0 Å². The van der Waals surface area contributed by atoms with Crippen LogP contribution in [-0.4, -0.2) is 27.9 Å². The fourth-order valence-corrected chi connectivity index (χ4v) is 4.03. The lowest BCUT2D eigenvalue weighted by Crippen LogP contribution is -2.41. The highest BCUT2D eigenvalue weighted by molar-refractivity contribution is 9.10. The lowest BCUT2D eigenvalue weighted by Gasteiger charge is -2.22. The molecule has 2 aromatic carbocycles. The molecule has 6 heteroatoms. The van der Waals surface area contributed by atoms with Gasteiger partial charge in [-0.3, -0.25) is 9.59 Å². The van der Waals surface area contributed by atoms with Crippen LogP contribution in [0.4, 0.5) is 5.69 Å². The predicted octanol–water partition coefficient (Wildman–Crippen LogP) is 4.07. The molecule has 0 aliphatic carbocycles. The minimum atomic E-state index is -1.86. The van der Waals surface area contributed by atoms with Crippen LogP contribution in [0.25, 0.3) is 5.69 Å². The number of hydrogen-bond acceptors (Lipinski definition) is 3. The number of nitrogens with zero attached hydrogens (tertiary/aromatic N) is 2. The highest BCUT2D eigenvalue weighted by Crippen LogP contribution is 2.44. The van der Waals surface area contributed by atoms with E-state index in [1.54, 1.807) is 24.3 Å². The van der Waals surface area contributed by atoms with E-state index in [1.807, 2.05) is 54.2 Å². The number of Topliss-reactive ketones (excluding diaryl/α,β-unsaturated/α-hetero) is 1. The van der Waals surface area contributed by atoms with Crippen LogP contribution in [0.1, 0.15) is 29.3 Å². The number of likely N-dealkylation sites (N-methyl/N-ethyl adjacent to an activating group) is 1. The largest absolute Gasteiger partial charge is 0.375 e. The third-order valence-electron chi connectivity index (χ3n) is 5.12. The molecular weight excluding hydrogens is 420 g/mol. The summed E-state index contributed by atoms with van der Waals surface area (Å²) in [5.74, 6) is -0.737. The molecule has 1 aromatic heterocycles. The van der Waals surface area contributed by atoms with Gasteiger partial charge in [0.2, 0.25) is 0 Å². The summed E-state index contributed by atoms with van der Waals surface area (Å²) >= 11 is 3.39. The number of ketones is 1. The van der Waals surface area contributed by atoms with Gasteiger partial charge in [-0.25, -0.2) is 0 Å². The third kappa shape index (κ3) is 2.99. The molecule has 0 radical (unpaired) electrons. The number of amides is 1. The van der Waals surface area contributed by atoms with Crippen LogP contribution in [0, 0.1) is 0 Å². The van der Waals surface area contributed by atoms with Gasteiger partial charge in [-0.1, -0.05) is 15.9 Å². The van der Waals surface area contributed by atoms with Gasteiger partial charge < -0.3 is 14.6 Å². The maximum Gasteiger partial charge on any atom is 0.264 e. The van der Waals surface area contributed by atoms with Gasteiger partial charge in [-0.2, -0.15) is 0 Å². The van der Waals surface area contributed by atoms with Crippen LogP contribution in [0.15, 0.2) is 71.5 Å².